The fourth-order valence-electron chi connectivity index (χ4n) is 0.802. The van der Waals surface area contributed by atoms with Crippen LogP contribution in [-0.4, -0.2) is 6.61 Å². The van der Waals surface area contributed by atoms with Gasteiger partial charge >= 0.3 is 5.69 Å². The summed E-state index contributed by atoms with van der Waals surface area (Å²) in [5.41, 5.74) is 0.510. The van der Waals surface area contributed by atoms with Crippen molar-refractivity contribution in [2.24, 2.45) is 0 Å². The lowest BCUT2D eigenvalue weighted by atomic mass is 10.3. The molecule has 11 heavy (non-hydrogen) atoms. The lowest BCUT2D eigenvalue weighted by Crippen LogP contribution is -1.89. The van der Waals surface area contributed by atoms with Crippen molar-refractivity contribution in [2.45, 2.75) is 6.92 Å². The van der Waals surface area contributed by atoms with E-state index in [-0.39, 0.29) is 0 Å². The van der Waals surface area contributed by atoms with E-state index in [4.69, 9.17) is 10.1 Å². The Morgan fingerprint density at radius 3 is 3.00 bits per heavy atom. The SMILES string of the molecule is CCOc1cccc([N+]#N)c1. The van der Waals surface area contributed by atoms with Gasteiger partial charge in [0.15, 0.2) is 4.98 Å². The molecule has 0 N–H and O–H groups in total. The van der Waals surface area contributed by atoms with Crippen LogP contribution >= 0.6 is 0 Å². The molecule has 0 bridgehead atoms. The van der Waals surface area contributed by atoms with E-state index in [1.165, 1.54) is 0 Å². The number of nitrogens with zero attached hydrogens (tertiary/aromatic N) is 2. The van der Waals surface area contributed by atoms with Crippen LogP contribution in [0.2, 0.25) is 0 Å². The van der Waals surface area contributed by atoms with Crippen LogP contribution in [0.4, 0.5) is 5.69 Å². The second kappa shape index (κ2) is 3.57. The fraction of sp³-hybridized carbons (Fsp3) is 0.250. The lowest BCUT2D eigenvalue weighted by molar-refractivity contribution is 0.340. The van der Waals surface area contributed by atoms with Crippen LogP contribution in [0.25, 0.3) is 4.98 Å². The zero-order valence-corrected chi connectivity index (χ0v) is 6.32. The van der Waals surface area contributed by atoms with E-state index < -0.39 is 0 Å². The van der Waals surface area contributed by atoms with E-state index in [0.717, 1.165) is 5.75 Å². The average molecular weight is 149 g/mol. The van der Waals surface area contributed by atoms with Crippen molar-refractivity contribution < 1.29 is 4.74 Å². The van der Waals surface area contributed by atoms with E-state index in [0.29, 0.717) is 12.3 Å². The molecule has 3 heteroatoms. The van der Waals surface area contributed by atoms with Crippen molar-refractivity contribution in [3.8, 4) is 5.75 Å². The van der Waals surface area contributed by atoms with Crippen molar-refractivity contribution in [3.05, 3.63) is 29.2 Å². The van der Waals surface area contributed by atoms with Gasteiger partial charge in [-0.3, -0.25) is 0 Å². The third-order valence-corrected chi connectivity index (χ3v) is 1.24. The number of hydrogen-bond donors (Lipinski definition) is 0. The summed E-state index contributed by atoms with van der Waals surface area (Å²) in [4.78, 5) is 3.03. The van der Waals surface area contributed by atoms with E-state index in [1.54, 1.807) is 18.2 Å². The van der Waals surface area contributed by atoms with Crippen LogP contribution in [0.1, 0.15) is 6.92 Å². The van der Waals surface area contributed by atoms with Gasteiger partial charge in [0, 0.05) is 6.07 Å². The van der Waals surface area contributed by atoms with Gasteiger partial charge < -0.3 is 4.74 Å². The van der Waals surface area contributed by atoms with Gasteiger partial charge in [-0.25, -0.2) is 0 Å². The average Bonchev–Trinajstić information content (AvgIpc) is 2.06. The zero-order chi connectivity index (χ0) is 8.10. The normalized spacial score (nSPS) is 8.73. The summed E-state index contributed by atoms with van der Waals surface area (Å²) in [6.07, 6.45) is 0. The largest absolute Gasteiger partial charge is 0.494 e. The molecule has 0 aliphatic carbocycles. The summed E-state index contributed by atoms with van der Waals surface area (Å²) in [6, 6.07) is 6.96. The highest BCUT2D eigenvalue weighted by molar-refractivity contribution is 5.48. The Labute approximate surface area is 65.2 Å². The Morgan fingerprint density at radius 1 is 1.55 bits per heavy atom. The van der Waals surface area contributed by atoms with Crippen LogP contribution in [0.15, 0.2) is 24.3 Å². The molecule has 0 amide bonds. The number of benzene rings is 1. The summed E-state index contributed by atoms with van der Waals surface area (Å²) < 4.78 is 5.18. The summed E-state index contributed by atoms with van der Waals surface area (Å²) in [7, 11) is 0. The molecule has 0 saturated carbocycles. The molecule has 0 aliphatic heterocycles. The van der Waals surface area contributed by atoms with Gasteiger partial charge in [-0.15, -0.1) is 0 Å². The monoisotopic (exact) mass is 149 g/mol. The molecule has 0 spiro atoms. The highest BCUT2D eigenvalue weighted by Crippen LogP contribution is 2.19. The van der Waals surface area contributed by atoms with Crippen LogP contribution < -0.4 is 4.74 Å². The maximum absolute atomic E-state index is 8.40. The Hall–Kier alpha value is -1.56. The number of diazo groups is 1. The standard InChI is InChI=1S/C8H9N2O/c1-2-11-8-5-3-4-7(6-8)10-9/h3-6H,2H2,1H3/q+1. The van der Waals surface area contributed by atoms with Crippen molar-refractivity contribution >= 4 is 5.69 Å². The molecule has 0 saturated heterocycles. The van der Waals surface area contributed by atoms with Crippen molar-refractivity contribution in [2.75, 3.05) is 6.61 Å². The number of rotatable bonds is 2. The molecule has 0 aromatic heterocycles. The third-order valence-electron chi connectivity index (χ3n) is 1.24. The molecule has 0 unspecified atom stereocenters. The Balaban J connectivity index is 2.85. The molecule has 0 heterocycles. The van der Waals surface area contributed by atoms with Gasteiger partial charge in [0.1, 0.15) is 5.75 Å². The highest BCUT2D eigenvalue weighted by atomic mass is 16.5. The molecule has 1 aromatic carbocycles. The second-order valence-electron chi connectivity index (χ2n) is 2.03. The minimum Gasteiger partial charge on any atom is -0.494 e. The lowest BCUT2D eigenvalue weighted by Gasteiger charge is -1.98. The molecular formula is C8H9N2O+. The van der Waals surface area contributed by atoms with Gasteiger partial charge in [-0.1, -0.05) is 6.07 Å². The topological polar surface area (TPSA) is 37.4 Å². The van der Waals surface area contributed by atoms with E-state index in [2.05, 4.69) is 4.98 Å². The third kappa shape index (κ3) is 1.94. The summed E-state index contributed by atoms with van der Waals surface area (Å²) >= 11 is 0. The Morgan fingerprint density at radius 2 is 2.36 bits per heavy atom. The quantitative estimate of drug-likeness (QED) is 0.606. The first-order valence-corrected chi connectivity index (χ1v) is 3.44. The molecule has 1 rings (SSSR count). The van der Waals surface area contributed by atoms with Gasteiger partial charge in [0.25, 0.3) is 0 Å². The predicted molar refractivity (Wildman–Crippen MR) is 42.4 cm³/mol. The maximum Gasteiger partial charge on any atom is 0.388 e. The molecule has 0 atom stereocenters. The van der Waals surface area contributed by atoms with E-state index in [1.807, 2.05) is 13.0 Å². The summed E-state index contributed by atoms with van der Waals surface area (Å²) in [5.74, 6) is 0.725. The van der Waals surface area contributed by atoms with Gasteiger partial charge in [-0.05, 0) is 13.0 Å². The van der Waals surface area contributed by atoms with E-state index in [9.17, 15) is 0 Å². The molecule has 0 radical (unpaired) electrons. The van der Waals surface area contributed by atoms with E-state index >= 15 is 0 Å². The maximum atomic E-state index is 8.40. The minimum atomic E-state index is 0.510. The molecule has 3 nitrogen and oxygen atoms in total. The second-order valence-corrected chi connectivity index (χ2v) is 2.03. The first-order valence-electron chi connectivity index (χ1n) is 3.44. The van der Waals surface area contributed by atoms with Gasteiger partial charge in [-0.2, -0.15) is 0 Å². The van der Waals surface area contributed by atoms with Crippen LogP contribution in [0, 0.1) is 5.39 Å². The van der Waals surface area contributed by atoms with Crippen LogP contribution in [-0.2, 0) is 0 Å². The van der Waals surface area contributed by atoms with Gasteiger partial charge in [0.05, 0.1) is 12.7 Å². The molecular weight excluding hydrogens is 140 g/mol. The van der Waals surface area contributed by atoms with Crippen LogP contribution in [0.3, 0.4) is 0 Å². The number of hydrogen-bond acceptors (Lipinski definition) is 2. The molecule has 0 fully saturated rings. The smallest absolute Gasteiger partial charge is 0.388 e. The molecule has 0 aliphatic rings. The Kier molecular flexibility index (Phi) is 2.45. The molecule has 1 aromatic rings. The Bertz CT molecular complexity index is 278. The minimum absolute atomic E-state index is 0.510. The summed E-state index contributed by atoms with van der Waals surface area (Å²) in [5, 5.41) is 8.40. The predicted octanol–water partition coefficient (Wildman–Crippen LogP) is 2.57. The van der Waals surface area contributed by atoms with Crippen molar-refractivity contribution in [3.63, 3.8) is 0 Å². The first kappa shape index (κ1) is 7.55. The molecule has 56 valence electrons. The van der Waals surface area contributed by atoms with Gasteiger partial charge in [0.2, 0.25) is 5.39 Å². The van der Waals surface area contributed by atoms with Crippen molar-refractivity contribution in [1.82, 2.24) is 0 Å². The van der Waals surface area contributed by atoms with Crippen LogP contribution in [0.5, 0.6) is 5.75 Å². The highest BCUT2D eigenvalue weighted by Gasteiger charge is 2.03. The fourth-order valence-corrected chi connectivity index (χ4v) is 0.802. The first-order chi connectivity index (χ1) is 5.36. The number of ether oxygens (including phenoxy) is 1. The zero-order valence-electron chi connectivity index (χ0n) is 6.32. The van der Waals surface area contributed by atoms with Crippen molar-refractivity contribution in [1.29, 1.82) is 5.39 Å². The summed E-state index contributed by atoms with van der Waals surface area (Å²) in [6.45, 7) is 2.53.